The summed E-state index contributed by atoms with van der Waals surface area (Å²) in [5, 5.41) is 0. The van der Waals surface area contributed by atoms with E-state index in [0.717, 1.165) is 19.6 Å². The normalized spacial score (nSPS) is 34.8. The Hall–Kier alpha value is -0.570. The van der Waals surface area contributed by atoms with Crippen LogP contribution < -0.4 is 0 Å². The summed E-state index contributed by atoms with van der Waals surface area (Å²) in [6, 6.07) is 0.587. The molecule has 3 heteroatoms. The fraction of sp³-hybridized carbons (Fsp3) is 0.900. The molecule has 2 saturated heterocycles. The van der Waals surface area contributed by atoms with E-state index in [1.807, 2.05) is 11.9 Å². The van der Waals surface area contributed by atoms with Crippen LogP contribution in [0.5, 0.6) is 0 Å². The molecular weight excluding hydrogens is 164 g/mol. The monoisotopic (exact) mass is 182 g/mol. The van der Waals surface area contributed by atoms with E-state index >= 15 is 0 Å². The van der Waals surface area contributed by atoms with E-state index in [0.29, 0.717) is 23.8 Å². The van der Waals surface area contributed by atoms with Gasteiger partial charge < -0.3 is 4.90 Å². The molecule has 0 spiro atoms. The van der Waals surface area contributed by atoms with Gasteiger partial charge in [-0.3, -0.25) is 9.69 Å². The first kappa shape index (κ1) is 9.00. The summed E-state index contributed by atoms with van der Waals surface area (Å²) in [6.45, 7) is 7.46. The number of carbonyl (C=O) groups is 1. The Kier molecular flexibility index (Phi) is 2.06. The lowest BCUT2D eigenvalue weighted by molar-refractivity contribution is -0.130. The second kappa shape index (κ2) is 2.98. The minimum Gasteiger partial charge on any atom is -0.345 e. The number of hydrogen-bond donors (Lipinski definition) is 0. The number of rotatable bonds is 1. The molecule has 2 heterocycles. The standard InChI is InChI=1S/C10H18N2O/c1-7(2)12-5-8-4-11(3)10(13)9(8)6-12/h7-9H,4-6H2,1-3H3. The van der Waals surface area contributed by atoms with Gasteiger partial charge in [-0.15, -0.1) is 0 Å². The third-order valence-corrected chi connectivity index (χ3v) is 3.40. The first-order chi connectivity index (χ1) is 6.09. The van der Waals surface area contributed by atoms with E-state index < -0.39 is 0 Å². The highest BCUT2D eigenvalue weighted by molar-refractivity contribution is 5.81. The fourth-order valence-electron chi connectivity index (χ4n) is 2.52. The van der Waals surface area contributed by atoms with Crippen LogP contribution in [-0.4, -0.2) is 48.4 Å². The minimum absolute atomic E-state index is 0.299. The average molecular weight is 182 g/mol. The molecule has 2 aliphatic heterocycles. The molecule has 0 aromatic rings. The number of carbonyl (C=O) groups excluding carboxylic acids is 1. The summed E-state index contributed by atoms with van der Waals surface area (Å²) in [4.78, 5) is 16.0. The van der Waals surface area contributed by atoms with Crippen LogP contribution in [-0.2, 0) is 4.79 Å². The average Bonchev–Trinajstić information content (AvgIpc) is 2.55. The Morgan fingerprint density at radius 2 is 2.00 bits per heavy atom. The smallest absolute Gasteiger partial charge is 0.227 e. The van der Waals surface area contributed by atoms with Crippen molar-refractivity contribution in [2.45, 2.75) is 19.9 Å². The lowest BCUT2D eigenvalue weighted by Crippen LogP contribution is -2.33. The van der Waals surface area contributed by atoms with Gasteiger partial charge in [-0.2, -0.15) is 0 Å². The Balaban J connectivity index is 2.05. The zero-order chi connectivity index (χ0) is 9.59. The number of hydrogen-bond acceptors (Lipinski definition) is 2. The highest BCUT2D eigenvalue weighted by Crippen LogP contribution is 2.32. The van der Waals surface area contributed by atoms with Gasteiger partial charge in [0.25, 0.3) is 0 Å². The molecule has 74 valence electrons. The van der Waals surface area contributed by atoms with Crippen LogP contribution in [0.2, 0.25) is 0 Å². The van der Waals surface area contributed by atoms with Crippen molar-refractivity contribution >= 4 is 5.91 Å². The van der Waals surface area contributed by atoms with Gasteiger partial charge in [0.15, 0.2) is 0 Å². The summed E-state index contributed by atoms with van der Waals surface area (Å²) >= 11 is 0. The van der Waals surface area contributed by atoms with Crippen LogP contribution in [0.3, 0.4) is 0 Å². The number of amides is 1. The molecule has 2 rings (SSSR count). The first-order valence-corrected chi connectivity index (χ1v) is 5.08. The van der Waals surface area contributed by atoms with Crippen LogP contribution in [0.1, 0.15) is 13.8 Å². The molecular formula is C10H18N2O. The van der Waals surface area contributed by atoms with Gasteiger partial charge in [0.05, 0.1) is 5.92 Å². The van der Waals surface area contributed by atoms with Crippen molar-refractivity contribution in [1.29, 1.82) is 0 Å². The quantitative estimate of drug-likeness (QED) is 0.586. The topological polar surface area (TPSA) is 23.6 Å². The largest absolute Gasteiger partial charge is 0.345 e. The van der Waals surface area contributed by atoms with E-state index in [1.54, 1.807) is 0 Å². The van der Waals surface area contributed by atoms with E-state index in [4.69, 9.17) is 0 Å². The summed E-state index contributed by atoms with van der Waals surface area (Å²) in [5.74, 6) is 1.25. The van der Waals surface area contributed by atoms with E-state index in [1.165, 1.54) is 0 Å². The van der Waals surface area contributed by atoms with Crippen LogP contribution in [0.4, 0.5) is 0 Å². The molecule has 0 N–H and O–H groups in total. The third-order valence-electron chi connectivity index (χ3n) is 3.40. The summed E-state index contributed by atoms with van der Waals surface area (Å²) in [6.07, 6.45) is 0. The van der Waals surface area contributed by atoms with Crippen molar-refractivity contribution in [3.63, 3.8) is 0 Å². The van der Waals surface area contributed by atoms with Crippen molar-refractivity contribution < 1.29 is 4.79 Å². The van der Waals surface area contributed by atoms with Gasteiger partial charge >= 0.3 is 0 Å². The van der Waals surface area contributed by atoms with Crippen molar-refractivity contribution in [1.82, 2.24) is 9.80 Å². The molecule has 13 heavy (non-hydrogen) atoms. The molecule has 2 aliphatic rings. The molecule has 3 nitrogen and oxygen atoms in total. The van der Waals surface area contributed by atoms with E-state index in [-0.39, 0.29) is 0 Å². The van der Waals surface area contributed by atoms with Gasteiger partial charge in [-0.25, -0.2) is 0 Å². The van der Waals surface area contributed by atoms with Crippen LogP contribution in [0, 0.1) is 11.8 Å². The molecule has 0 aromatic carbocycles. The Bertz CT molecular complexity index is 227. The molecule has 0 saturated carbocycles. The van der Waals surface area contributed by atoms with Crippen LogP contribution in [0.25, 0.3) is 0 Å². The maximum absolute atomic E-state index is 11.7. The first-order valence-electron chi connectivity index (χ1n) is 5.08. The minimum atomic E-state index is 0.299. The van der Waals surface area contributed by atoms with Gasteiger partial charge in [0, 0.05) is 38.6 Å². The van der Waals surface area contributed by atoms with Crippen molar-refractivity contribution in [3.05, 3.63) is 0 Å². The lowest BCUT2D eigenvalue weighted by atomic mass is 10.0. The molecule has 0 aliphatic carbocycles. The fourth-order valence-corrected chi connectivity index (χ4v) is 2.52. The van der Waals surface area contributed by atoms with Crippen molar-refractivity contribution in [3.8, 4) is 0 Å². The second-order valence-electron chi connectivity index (χ2n) is 4.63. The summed E-state index contributed by atoms with van der Waals surface area (Å²) in [7, 11) is 1.92. The maximum atomic E-state index is 11.7. The molecule has 2 atom stereocenters. The zero-order valence-electron chi connectivity index (χ0n) is 8.66. The Morgan fingerprint density at radius 3 is 2.54 bits per heavy atom. The SMILES string of the molecule is CC(C)N1CC2CN(C)C(=O)C2C1. The van der Waals surface area contributed by atoms with Gasteiger partial charge in [-0.05, 0) is 13.8 Å². The molecule has 0 radical (unpaired) electrons. The van der Waals surface area contributed by atoms with Crippen molar-refractivity contribution in [2.24, 2.45) is 11.8 Å². The van der Waals surface area contributed by atoms with Gasteiger partial charge in [0.2, 0.25) is 5.91 Å². The Morgan fingerprint density at radius 1 is 1.31 bits per heavy atom. The summed E-state index contributed by atoms with van der Waals surface area (Å²) < 4.78 is 0. The molecule has 1 amide bonds. The molecule has 0 bridgehead atoms. The van der Waals surface area contributed by atoms with Crippen molar-refractivity contribution in [2.75, 3.05) is 26.7 Å². The lowest BCUT2D eigenvalue weighted by Gasteiger charge is -2.22. The maximum Gasteiger partial charge on any atom is 0.227 e. The molecule has 2 unspecified atom stereocenters. The number of fused-ring (bicyclic) bond motifs is 1. The second-order valence-corrected chi connectivity index (χ2v) is 4.63. The van der Waals surface area contributed by atoms with E-state index in [2.05, 4.69) is 18.7 Å². The van der Waals surface area contributed by atoms with Gasteiger partial charge in [0.1, 0.15) is 0 Å². The summed E-state index contributed by atoms with van der Waals surface area (Å²) in [5.41, 5.74) is 0. The zero-order valence-corrected chi connectivity index (χ0v) is 8.66. The highest BCUT2D eigenvalue weighted by atomic mass is 16.2. The van der Waals surface area contributed by atoms with Crippen LogP contribution >= 0.6 is 0 Å². The number of nitrogens with zero attached hydrogens (tertiary/aromatic N) is 2. The number of likely N-dealkylation sites (tertiary alicyclic amines) is 2. The predicted molar refractivity (Wildman–Crippen MR) is 51.3 cm³/mol. The molecule has 0 aromatic heterocycles. The van der Waals surface area contributed by atoms with Gasteiger partial charge in [-0.1, -0.05) is 0 Å². The Labute approximate surface area is 79.7 Å². The molecule has 2 fully saturated rings. The van der Waals surface area contributed by atoms with E-state index in [9.17, 15) is 4.79 Å². The third kappa shape index (κ3) is 1.35. The van der Waals surface area contributed by atoms with Crippen LogP contribution in [0.15, 0.2) is 0 Å². The predicted octanol–water partition coefficient (Wildman–Crippen LogP) is 0.415. The highest BCUT2D eigenvalue weighted by Gasteiger charge is 2.45.